The van der Waals surface area contributed by atoms with Gasteiger partial charge in [0.25, 0.3) is 0 Å². The third-order valence-electron chi connectivity index (χ3n) is 1.70. The van der Waals surface area contributed by atoms with Crippen molar-refractivity contribution in [3.63, 3.8) is 0 Å². The quantitative estimate of drug-likeness (QED) is 0.415. The zero-order valence-corrected chi connectivity index (χ0v) is 11.1. The van der Waals surface area contributed by atoms with Crippen molar-refractivity contribution in [2.75, 3.05) is 0 Å². The van der Waals surface area contributed by atoms with Crippen LogP contribution in [0.2, 0.25) is 0 Å². The molecule has 0 saturated heterocycles. The molecule has 0 unspecified atom stereocenters. The first-order chi connectivity index (χ1) is 8.06. The van der Waals surface area contributed by atoms with Crippen molar-refractivity contribution in [1.29, 1.82) is 0 Å². The lowest BCUT2D eigenvalue weighted by atomic mass is 10.2. The van der Waals surface area contributed by atoms with Gasteiger partial charge in [-0.2, -0.15) is 13.2 Å². The van der Waals surface area contributed by atoms with E-state index in [0.717, 1.165) is 0 Å². The van der Waals surface area contributed by atoms with Gasteiger partial charge in [-0.1, -0.05) is 0 Å². The Bertz CT molecular complexity index is 446. The molecule has 1 aromatic heterocycles. The maximum absolute atomic E-state index is 12.5. The highest BCUT2D eigenvalue weighted by Crippen LogP contribution is 2.39. The predicted octanol–water partition coefficient (Wildman–Crippen LogP) is 4.34. The SMILES string of the molecule is FC(F)(F)Oc1c(I)cnc(C(F)(F)F)c1CCl. The molecule has 1 heterocycles. The summed E-state index contributed by atoms with van der Waals surface area (Å²) in [6.45, 7) is 0. The minimum Gasteiger partial charge on any atom is -0.404 e. The minimum atomic E-state index is -5.11. The van der Waals surface area contributed by atoms with Gasteiger partial charge in [0.05, 0.1) is 9.45 Å². The number of alkyl halides is 7. The molecule has 0 aliphatic rings. The molecule has 0 bridgehead atoms. The number of nitrogens with zero attached hydrogens (tertiary/aromatic N) is 1. The second-order valence-electron chi connectivity index (χ2n) is 2.94. The molecular formula is C8H3ClF6INO. The lowest BCUT2D eigenvalue weighted by Gasteiger charge is -2.17. The number of ether oxygens (including phenoxy) is 1. The number of aromatic nitrogens is 1. The molecule has 0 atom stereocenters. The van der Waals surface area contributed by atoms with Crippen molar-refractivity contribution in [1.82, 2.24) is 4.98 Å². The van der Waals surface area contributed by atoms with Crippen molar-refractivity contribution in [2.45, 2.75) is 18.4 Å². The van der Waals surface area contributed by atoms with Crippen LogP contribution in [0, 0.1) is 3.57 Å². The van der Waals surface area contributed by atoms with E-state index in [1.54, 1.807) is 0 Å². The van der Waals surface area contributed by atoms with Crippen molar-refractivity contribution >= 4 is 34.2 Å². The smallest absolute Gasteiger partial charge is 0.404 e. The fourth-order valence-electron chi connectivity index (χ4n) is 1.10. The van der Waals surface area contributed by atoms with E-state index in [1.807, 2.05) is 0 Å². The van der Waals surface area contributed by atoms with Gasteiger partial charge in [-0.25, -0.2) is 0 Å². The second kappa shape index (κ2) is 5.27. The zero-order chi connectivity index (χ0) is 14.1. The Morgan fingerprint density at radius 3 is 2.17 bits per heavy atom. The largest absolute Gasteiger partial charge is 0.573 e. The van der Waals surface area contributed by atoms with Crippen molar-refractivity contribution < 1.29 is 31.1 Å². The third-order valence-corrected chi connectivity index (χ3v) is 2.74. The molecule has 1 rings (SSSR count). The molecule has 0 spiro atoms. The lowest BCUT2D eigenvalue weighted by Crippen LogP contribution is -2.21. The standard InChI is InChI=1S/C8H3ClF6INO/c9-1-3-5(18-8(13,14)15)4(16)2-17-6(3)7(10,11)12/h2H,1H2. The van der Waals surface area contributed by atoms with E-state index >= 15 is 0 Å². The molecule has 18 heavy (non-hydrogen) atoms. The van der Waals surface area contributed by atoms with Crippen LogP contribution in [0.4, 0.5) is 26.3 Å². The molecule has 0 saturated carbocycles. The van der Waals surface area contributed by atoms with Crippen LogP contribution < -0.4 is 4.74 Å². The Kier molecular flexibility index (Phi) is 4.57. The van der Waals surface area contributed by atoms with Crippen LogP contribution in [-0.2, 0) is 12.1 Å². The highest BCUT2D eigenvalue weighted by Gasteiger charge is 2.40. The van der Waals surface area contributed by atoms with Crippen molar-refractivity contribution in [2.24, 2.45) is 0 Å². The minimum absolute atomic E-state index is 0.214. The first-order valence-electron chi connectivity index (χ1n) is 4.12. The Hall–Kier alpha value is -0.450. The Balaban J connectivity index is 3.40. The molecule has 2 nitrogen and oxygen atoms in total. The summed E-state index contributed by atoms with van der Waals surface area (Å²) in [5.41, 5.74) is -2.33. The molecule has 0 radical (unpaired) electrons. The maximum atomic E-state index is 12.5. The van der Waals surface area contributed by atoms with Crippen LogP contribution in [0.3, 0.4) is 0 Å². The molecule has 10 heteroatoms. The highest BCUT2D eigenvalue weighted by molar-refractivity contribution is 14.1. The average molecular weight is 405 g/mol. The van der Waals surface area contributed by atoms with Gasteiger partial charge in [-0.15, -0.1) is 24.8 Å². The summed E-state index contributed by atoms with van der Waals surface area (Å²) in [4.78, 5) is 3.05. The molecule has 0 N–H and O–H groups in total. The lowest BCUT2D eigenvalue weighted by molar-refractivity contribution is -0.275. The third kappa shape index (κ3) is 3.77. The maximum Gasteiger partial charge on any atom is 0.573 e. The molecule has 0 amide bonds. The second-order valence-corrected chi connectivity index (χ2v) is 4.37. The van der Waals surface area contributed by atoms with E-state index in [1.165, 1.54) is 22.6 Å². The summed E-state index contributed by atoms with van der Waals surface area (Å²) in [5, 5.41) is 0. The predicted molar refractivity (Wildman–Crippen MR) is 58.2 cm³/mol. The van der Waals surface area contributed by atoms with Gasteiger partial charge >= 0.3 is 12.5 Å². The van der Waals surface area contributed by atoms with E-state index in [9.17, 15) is 26.3 Å². The molecule has 102 valence electrons. The van der Waals surface area contributed by atoms with Gasteiger partial charge in [-0.3, -0.25) is 4.98 Å². The monoisotopic (exact) mass is 405 g/mol. The fourth-order valence-corrected chi connectivity index (χ4v) is 1.93. The van der Waals surface area contributed by atoms with Crippen LogP contribution in [-0.4, -0.2) is 11.3 Å². The van der Waals surface area contributed by atoms with E-state index in [-0.39, 0.29) is 3.57 Å². The molecule has 1 aromatic rings. The van der Waals surface area contributed by atoms with Gasteiger partial charge in [0.15, 0.2) is 11.4 Å². The zero-order valence-electron chi connectivity index (χ0n) is 8.16. The van der Waals surface area contributed by atoms with E-state index < -0.39 is 35.4 Å². The fraction of sp³-hybridized carbons (Fsp3) is 0.375. The van der Waals surface area contributed by atoms with Crippen LogP contribution >= 0.6 is 34.2 Å². The number of hydrogen-bond donors (Lipinski definition) is 0. The first kappa shape index (κ1) is 15.6. The van der Waals surface area contributed by atoms with Crippen LogP contribution in [0.15, 0.2) is 6.20 Å². The van der Waals surface area contributed by atoms with Crippen molar-refractivity contribution in [3.05, 3.63) is 21.0 Å². The summed E-state index contributed by atoms with van der Waals surface area (Å²) in [6.07, 6.45) is -9.37. The summed E-state index contributed by atoms with van der Waals surface area (Å²) < 4.78 is 77.2. The van der Waals surface area contributed by atoms with Gasteiger partial charge in [-0.05, 0) is 22.6 Å². The molecule has 0 aliphatic carbocycles. The summed E-state index contributed by atoms with van der Waals surface area (Å²) in [6, 6.07) is 0. The Labute approximate surface area is 115 Å². The number of halogens is 8. The highest BCUT2D eigenvalue weighted by atomic mass is 127. The van der Waals surface area contributed by atoms with E-state index in [4.69, 9.17) is 11.6 Å². The van der Waals surface area contributed by atoms with Gasteiger partial charge in [0.2, 0.25) is 0 Å². The Morgan fingerprint density at radius 1 is 1.22 bits per heavy atom. The van der Waals surface area contributed by atoms with Crippen LogP contribution in [0.25, 0.3) is 0 Å². The van der Waals surface area contributed by atoms with Crippen LogP contribution in [0.1, 0.15) is 11.3 Å². The molecule has 0 aliphatic heterocycles. The number of pyridine rings is 1. The van der Waals surface area contributed by atoms with Crippen LogP contribution in [0.5, 0.6) is 5.75 Å². The van der Waals surface area contributed by atoms with Crippen molar-refractivity contribution in [3.8, 4) is 5.75 Å². The van der Waals surface area contributed by atoms with E-state index in [2.05, 4.69) is 9.72 Å². The summed E-state index contributed by atoms with van der Waals surface area (Å²) in [7, 11) is 0. The Morgan fingerprint density at radius 2 is 1.78 bits per heavy atom. The first-order valence-corrected chi connectivity index (χ1v) is 5.74. The molecular weight excluding hydrogens is 402 g/mol. The summed E-state index contributed by atoms with van der Waals surface area (Å²) in [5.74, 6) is -1.77. The van der Waals surface area contributed by atoms with Gasteiger partial charge in [0.1, 0.15) is 0 Å². The normalized spacial score (nSPS) is 12.7. The topological polar surface area (TPSA) is 22.1 Å². The molecule has 0 fully saturated rings. The number of hydrogen-bond acceptors (Lipinski definition) is 2. The number of rotatable bonds is 2. The molecule has 0 aromatic carbocycles. The average Bonchev–Trinajstić information content (AvgIpc) is 2.17. The van der Waals surface area contributed by atoms with Gasteiger partial charge < -0.3 is 4.74 Å². The van der Waals surface area contributed by atoms with Gasteiger partial charge in [0, 0.05) is 11.8 Å². The summed E-state index contributed by atoms with van der Waals surface area (Å²) >= 11 is 6.63. The van der Waals surface area contributed by atoms with E-state index in [0.29, 0.717) is 6.20 Å².